The van der Waals surface area contributed by atoms with E-state index in [1.54, 1.807) is 0 Å². The van der Waals surface area contributed by atoms with Gasteiger partial charge >= 0.3 is 5.97 Å². The van der Waals surface area contributed by atoms with Gasteiger partial charge in [-0.25, -0.2) is 0 Å². The van der Waals surface area contributed by atoms with Crippen molar-refractivity contribution in [3.05, 3.63) is 0 Å². The van der Waals surface area contributed by atoms with Gasteiger partial charge in [-0.15, -0.1) is 0 Å². The second kappa shape index (κ2) is 17.7. The number of hydrogen-bond acceptors (Lipinski definition) is 4. The second-order valence-electron chi connectivity index (χ2n) is 9.23. The molecular weight excluding hydrogens is 366 g/mol. The summed E-state index contributed by atoms with van der Waals surface area (Å²) in [7, 11) is 4.13. The standard InChI is InChI=1S/C24H47NO4/c1-5-6-7-8-9-10-11-12-13-14-15-16-18-23(29-22(2)26)21-25(3,4)20-17-19-24(27)28/h23H,5-21H2,1-4H3. The molecule has 0 aliphatic rings. The molecule has 0 saturated heterocycles. The molecule has 0 aliphatic carbocycles. The molecule has 5 heteroatoms. The van der Waals surface area contributed by atoms with Crippen molar-refractivity contribution in [2.24, 2.45) is 0 Å². The van der Waals surface area contributed by atoms with Gasteiger partial charge in [-0.3, -0.25) is 4.79 Å². The maximum Gasteiger partial charge on any atom is 0.303 e. The van der Waals surface area contributed by atoms with E-state index < -0.39 is 5.97 Å². The van der Waals surface area contributed by atoms with E-state index in [1.165, 1.54) is 77.6 Å². The Kier molecular flexibility index (Phi) is 17.1. The largest absolute Gasteiger partial charge is 0.550 e. The van der Waals surface area contributed by atoms with E-state index in [0.29, 0.717) is 10.9 Å². The number of esters is 1. The van der Waals surface area contributed by atoms with Crippen molar-refractivity contribution < 1.29 is 23.9 Å². The van der Waals surface area contributed by atoms with Gasteiger partial charge < -0.3 is 19.1 Å². The summed E-state index contributed by atoms with van der Waals surface area (Å²) in [6, 6.07) is 0. The molecule has 1 atom stereocenters. The van der Waals surface area contributed by atoms with E-state index in [4.69, 9.17) is 4.74 Å². The van der Waals surface area contributed by atoms with Crippen LogP contribution < -0.4 is 5.11 Å². The van der Waals surface area contributed by atoms with Crippen molar-refractivity contribution >= 4 is 11.9 Å². The van der Waals surface area contributed by atoms with E-state index in [1.807, 2.05) is 0 Å². The fraction of sp³-hybridized carbons (Fsp3) is 0.917. The van der Waals surface area contributed by atoms with Crippen molar-refractivity contribution in [3.63, 3.8) is 0 Å². The molecule has 0 spiro atoms. The van der Waals surface area contributed by atoms with Gasteiger partial charge in [0.25, 0.3) is 0 Å². The topological polar surface area (TPSA) is 66.4 Å². The summed E-state index contributed by atoms with van der Waals surface area (Å²) < 4.78 is 6.19. The number of quaternary nitrogens is 1. The van der Waals surface area contributed by atoms with Gasteiger partial charge in [0.05, 0.1) is 20.6 Å². The number of carboxylic acids is 1. The number of nitrogens with zero attached hydrogens (tertiary/aromatic N) is 1. The number of ether oxygens (including phenoxy) is 1. The SMILES string of the molecule is CCCCCCCCCCCCCCC(C[N+](C)(C)CCCC(=O)[O-])OC(C)=O. The molecule has 0 aliphatic heterocycles. The van der Waals surface area contributed by atoms with Crippen molar-refractivity contribution in [3.8, 4) is 0 Å². The zero-order valence-electron chi connectivity index (χ0n) is 19.7. The van der Waals surface area contributed by atoms with Crippen LogP contribution in [0.2, 0.25) is 0 Å². The molecule has 0 bridgehead atoms. The highest BCUT2D eigenvalue weighted by Crippen LogP contribution is 2.16. The zero-order chi connectivity index (χ0) is 22.0. The van der Waals surface area contributed by atoms with Gasteiger partial charge in [0.2, 0.25) is 0 Å². The number of carbonyl (C=O) groups excluding carboxylic acids is 2. The first kappa shape index (κ1) is 27.9. The molecule has 0 rings (SSSR count). The van der Waals surface area contributed by atoms with Crippen LogP contribution in [0.15, 0.2) is 0 Å². The van der Waals surface area contributed by atoms with Crippen LogP contribution in [0.5, 0.6) is 0 Å². The van der Waals surface area contributed by atoms with E-state index >= 15 is 0 Å². The van der Waals surface area contributed by atoms with Crippen LogP contribution in [-0.2, 0) is 14.3 Å². The molecule has 0 aromatic rings. The lowest BCUT2D eigenvalue weighted by Crippen LogP contribution is -2.47. The van der Waals surface area contributed by atoms with Gasteiger partial charge in [0.1, 0.15) is 6.54 Å². The third kappa shape index (κ3) is 20.0. The molecule has 0 radical (unpaired) electrons. The third-order valence-electron chi connectivity index (χ3n) is 5.55. The summed E-state index contributed by atoms with van der Waals surface area (Å²) in [4.78, 5) is 22.1. The van der Waals surface area contributed by atoms with E-state index in [9.17, 15) is 14.7 Å². The minimum atomic E-state index is -1.00. The highest BCUT2D eigenvalue weighted by molar-refractivity contribution is 5.66. The fourth-order valence-electron chi connectivity index (χ4n) is 3.93. The van der Waals surface area contributed by atoms with Crippen LogP contribution in [-0.4, -0.2) is 49.7 Å². The maximum absolute atomic E-state index is 11.4. The molecular formula is C24H47NO4. The summed E-state index contributed by atoms with van der Waals surface area (Å²) >= 11 is 0. The Morgan fingerprint density at radius 3 is 1.76 bits per heavy atom. The van der Waals surface area contributed by atoms with Crippen LogP contribution in [0, 0.1) is 0 Å². The zero-order valence-corrected chi connectivity index (χ0v) is 19.7. The van der Waals surface area contributed by atoms with Crippen molar-refractivity contribution in [1.29, 1.82) is 0 Å². The molecule has 0 saturated carbocycles. The summed E-state index contributed by atoms with van der Waals surface area (Å²) in [5.41, 5.74) is 0. The summed E-state index contributed by atoms with van der Waals surface area (Å²) in [6.07, 6.45) is 17.2. The lowest BCUT2D eigenvalue weighted by atomic mass is 10.0. The monoisotopic (exact) mass is 413 g/mol. The minimum absolute atomic E-state index is 0.0820. The van der Waals surface area contributed by atoms with Crippen molar-refractivity contribution in [2.75, 3.05) is 27.2 Å². The van der Waals surface area contributed by atoms with Crippen LogP contribution in [0.3, 0.4) is 0 Å². The number of unbranched alkanes of at least 4 members (excludes halogenated alkanes) is 11. The first-order chi connectivity index (χ1) is 13.8. The van der Waals surface area contributed by atoms with Crippen LogP contribution in [0.1, 0.15) is 110 Å². The predicted octanol–water partition coefficient (Wildman–Crippen LogP) is 4.62. The molecule has 1 unspecified atom stereocenters. The summed E-state index contributed by atoms with van der Waals surface area (Å²) in [5.74, 6) is -1.23. The van der Waals surface area contributed by atoms with Gasteiger partial charge in [-0.1, -0.05) is 77.6 Å². The number of carboxylic acid groups (broad SMARTS) is 1. The summed E-state index contributed by atoms with van der Waals surface area (Å²) in [6.45, 7) is 5.19. The average molecular weight is 414 g/mol. The number of hydrogen-bond donors (Lipinski definition) is 0. The van der Waals surface area contributed by atoms with Crippen molar-refractivity contribution in [1.82, 2.24) is 0 Å². The van der Waals surface area contributed by atoms with Crippen molar-refractivity contribution in [2.45, 2.75) is 116 Å². The first-order valence-electron chi connectivity index (χ1n) is 12.0. The molecule has 0 amide bonds. The van der Waals surface area contributed by atoms with Crippen LogP contribution >= 0.6 is 0 Å². The van der Waals surface area contributed by atoms with Gasteiger partial charge in [-0.05, 0) is 19.3 Å². The smallest absolute Gasteiger partial charge is 0.303 e. The van der Waals surface area contributed by atoms with E-state index in [2.05, 4.69) is 21.0 Å². The number of likely N-dealkylation sites (N-methyl/N-ethyl adjacent to an activating group) is 1. The Morgan fingerprint density at radius 2 is 1.31 bits per heavy atom. The number of carbonyl (C=O) groups is 2. The maximum atomic E-state index is 11.4. The lowest BCUT2D eigenvalue weighted by molar-refractivity contribution is -0.893. The number of rotatable bonds is 20. The molecule has 0 fully saturated rings. The van der Waals surface area contributed by atoms with Gasteiger partial charge in [-0.2, -0.15) is 0 Å². The molecule has 0 heterocycles. The molecule has 0 aromatic heterocycles. The number of aliphatic carboxylic acids is 1. The Balaban J connectivity index is 3.89. The van der Waals surface area contributed by atoms with Crippen LogP contribution in [0.25, 0.3) is 0 Å². The molecule has 5 nitrogen and oxygen atoms in total. The highest BCUT2D eigenvalue weighted by atomic mass is 16.5. The molecule has 29 heavy (non-hydrogen) atoms. The highest BCUT2D eigenvalue weighted by Gasteiger charge is 2.23. The quantitative estimate of drug-likeness (QED) is 0.166. The van der Waals surface area contributed by atoms with Gasteiger partial charge in [0, 0.05) is 19.3 Å². The molecule has 0 aromatic carbocycles. The van der Waals surface area contributed by atoms with Gasteiger partial charge in [0.15, 0.2) is 6.10 Å². The third-order valence-corrected chi connectivity index (χ3v) is 5.55. The molecule has 0 N–H and O–H groups in total. The first-order valence-corrected chi connectivity index (χ1v) is 12.0. The molecule has 172 valence electrons. The average Bonchev–Trinajstić information content (AvgIpc) is 2.61. The Labute approximate surface area is 179 Å². The summed E-state index contributed by atoms with van der Waals surface area (Å²) in [5, 5.41) is 10.6. The van der Waals surface area contributed by atoms with E-state index in [0.717, 1.165) is 25.9 Å². The second-order valence-corrected chi connectivity index (χ2v) is 9.23. The Bertz CT molecular complexity index is 423. The van der Waals surface area contributed by atoms with E-state index in [-0.39, 0.29) is 18.5 Å². The predicted molar refractivity (Wildman–Crippen MR) is 117 cm³/mol. The minimum Gasteiger partial charge on any atom is -0.550 e. The Hall–Kier alpha value is -1.10. The Morgan fingerprint density at radius 1 is 0.828 bits per heavy atom. The van der Waals surface area contributed by atoms with Crippen LogP contribution in [0.4, 0.5) is 0 Å². The lowest BCUT2D eigenvalue weighted by Gasteiger charge is -2.33. The fourth-order valence-corrected chi connectivity index (χ4v) is 3.93. The normalized spacial score (nSPS) is 12.7.